The zero-order valence-corrected chi connectivity index (χ0v) is 7.36. The van der Waals surface area contributed by atoms with Crippen LogP contribution in [0.1, 0.15) is 29.4 Å². The molecule has 0 aliphatic heterocycles. The predicted molar refractivity (Wildman–Crippen MR) is 46.2 cm³/mol. The minimum Gasteiger partial charge on any atom is -0.464 e. The monoisotopic (exact) mass is 181 g/mol. The van der Waals surface area contributed by atoms with Crippen LogP contribution >= 0.6 is 0 Å². The van der Waals surface area contributed by atoms with Crippen molar-refractivity contribution in [3.63, 3.8) is 0 Å². The Bertz CT molecular complexity index is 341. The molecule has 5 heteroatoms. The van der Waals surface area contributed by atoms with E-state index < -0.39 is 5.97 Å². The van der Waals surface area contributed by atoms with E-state index in [4.69, 9.17) is 5.73 Å². The Morgan fingerprint density at radius 2 is 2.46 bits per heavy atom. The maximum Gasteiger partial charge on any atom is 0.360 e. The lowest BCUT2D eigenvalue weighted by molar-refractivity contribution is 0.0594. The number of esters is 1. The smallest absolute Gasteiger partial charge is 0.360 e. The molecule has 1 saturated carbocycles. The highest BCUT2D eigenvalue weighted by molar-refractivity contribution is 5.92. The molecular formula is C8H11N3O2. The summed E-state index contributed by atoms with van der Waals surface area (Å²) in [5.74, 6) is -0.475. The summed E-state index contributed by atoms with van der Waals surface area (Å²) in [6.45, 7) is 0. The van der Waals surface area contributed by atoms with Crippen LogP contribution in [0, 0.1) is 0 Å². The molecule has 1 fully saturated rings. The second-order valence-electron chi connectivity index (χ2n) is 3.14. The second-order valence-corrected chi connectivity index (χ2v) is 3.14. The normalized spacial score (nSPS) is 15.8. The first-order valence-electron chi connectivity index (χ1n) is 4.15. The fraction of sp³-hybridized carbons (Fsp3) is 0.500. The SMILES string of the molecule is COC(=O)c1nn(C2CC2)cc1N. The Balaban J connectivity index is 2.29. The molecule has 1 aliphatic rings. The van der Waals surface area contributed by atoms with E-state index in [1.54, 1.807) is 10.9 Å². The minimum absolute atomic E-state index is 0.217. The van der Waals surface area contributed by atoms with Gasteiger partial charge in [-0.3, -0.25) is 4.68 Å². The summed E-state index contributed by atoms with van der Waals surface area (Å²) in [5.41, 5.74) is 6.20. The third kappa shape index (κ3) is 1.37. The largest absolute Gasteiger partial charge is 0.464 e. The molecule has 1 aliphatic carbocycles. The average molecular weight is 181 g/mol. The van der Waals surface area contributed by atoms with Crippen molar-refractivity contribution >= 4 is 11.7 Å². The summed E-state index contributed by atoms with van der Waals surface area (Å²) in [5, 5.41) is 4.06. The quantitative estimate of drug-likeness (QED) is 0.678. The highest BCUT2D eigenvalue weighted by atomic mass is 16.5. The average Bonchev–Trinajstić information content (AvgIpc) is 2.89. The summed E-state index contributed by atoms with van der Waals surface area (Å²) < 4.78 is 6.27. The summed E-state index contributed by atoms with van der Waals surface area (Å²) >= 11 is 0. The van der Waals surface area contributed by atoms with Gasteiger partial charge in [0.05, 0.1) is 18.8 Å². The van der Waals surface area contributed by atoms with Gasteiger partial charge in [0.15, 0.2) is 5.69 Å². The Hall–Kier alpha value is -1.52. The van der Waals surface area contributed by atoms with E-state index in [1.165, 1.54) is 7.11 Å². The van der Waals surface area contributed by atoms with Crippen molar-refractivity contribution in [3.05, 3.63) is 11.9 Å². The van der Waals surface area contributed by atoms with Gasteiger partial charge >= 0.3 is 5.97 Å². The first kappa shape index (κ1) is 8.10. The van der Waals surface area contributed by atoms with E-state index in [-0.39, 0.29) is 5.69 Å². The molecule has 2 rings (SSSR count). The molecule has 0 radical (unpaired) electrons. The molecule has 1 heterocycles. The van der Waals surface area contributed by atoms with E-state index in [9.17, 15) is 4.79 Å². The Kier molecular flexibility index (Phi) is 1.72. The molecule has 0 spiro atoms. The number of rotatable bonds is 2. The molecule has 0 aromatic carbocycles. The van der Waals surface area contributed by atoms with Crippen LogP contribution in [0.3, 0.4) is 0 Å². The van der Waals surface area contributed by atoms with Gasteiger partial charge in [-0.25, -0.2) is 4.79 Å². The van der Waals surface area contributed by atoms with Gasteiger partial charge in [0.25, 0.3) is 0 Å². The molecule has 0 amide bonds. The van der Waals surface area contributed by atoms with Gasteiger partial charge in [-0.2, -0.15) is 5.10 Å². The molecular weight excluding hydrogens is 170 g/mol. The number of nitrogen functional groups attached to an aromatic ring is 1. The third-order valence-electron chi connectivity index (χ3n) is 2.06. The van der Waals surface area contributed by atoms with Gasteiger partial charge in [0.1, 0.15) is 0 Å². The molecule has 0 bridgehead atoms. The van der Waals surface area contributed by atoms with Crippen molar-refractivity contribution in [2.24, 2.45) is 0 Å². The lowest BCUT2D eigenvalue weighted by Crippen LogP contribution is -2.06. The number of carbonyl (C=O) groups is 1. The van der Waals surface area contributed by atoms with Crippen LogP contribution in [-0.4, -0.2) is 22.9 Å². The molecule has 1 aromatic heterocycles. The van der Waals surface area contributed by atoms with Gasteiger partial charge in [-0.05, 0) is 12.8 Å². The van der Waals surface area contributed by atoms with Gasteiger partial charge < -0.3 is 10.5 Å². The third-order valence-corrected chi connectivity index (χ3v) is 2.06. The number of hydrogen-bond acceptors (Lipinski definition) is 4. The molecule has 2 N–H and O–H groups in total. The highest BCUT2D eigenvalue weighted by Gasteiger charge is 2.26. The number of hydrogen-bond donors (Lipinski definition) is 1. The van der Waals surface area contributed by atoms with Crippen LogP contribution < -0.4 is 5.73 Å². The first-order chi connectivity index (χ1) is 6.22. The van der Waals surface area contributed by atoms with Crippen LogP contribution in [0.15, 0.2) is 6.20 Å². The number of ether oxygens (including phenoxy) is 1. The van der Waals surface area contributed by atoms with E-state index in [0.29, 0.717) is 11.7 Å². The van der Waals surface area contributed by atoms with Crippen LogP contribution in [0.4, 0.5) is 5.69 Å². The number of methoxy groups -OCH3 is 1. The van der Waals surface area contributed by atoms with Crippen molar-refractivity contribution in [1.82, 2.24) is 9.78 Å². The maximum absolute atomic E-state index is 11.1. The molecule has 70 valence electrons. The number of aromatic nitrogens is 2. The number of carbonyl (C=O) groups excluding carboxylic acids is 1. The summed E-state index contributed by atoms with van der Waals surface area (Å²) in [7, 11) is 1.32. The van der Waals surface area contributed by atoms with E-state index >= 15 is 0 Å². The van der Waals surface area contributed by atoms with Crippen LogP contribution in [0.5, 0.6) is 0 Å². The zero-order valence-electron chi connectivity index (χ0n) is 7.36. The van der Waals surface area contributed by atoms with Crippen molar-refractivity contribution in [3.8, 4) is 0 Å². The number of anilines is 1. The summed E-state index contributed by atoms with van der Waals surface area (Å²) in [4.78, 5) is 11.1. The van der Waals surface area contributed by atoms with Crippen molar-refractivity contribution < 1.29 is 9.53 Å². The van der Waals surface area contributed by atoms with Crippen LogP contribution in [0.2, 0.25) is 0 Å². The van der Waals surface area contributed by atoms with Crippen LogP contribution in [0.25, 0.3) is 0 Å². The van der Waals surface area contributed by atoms with Crippen molar-refractivity contribution in [2.75, 3.05) is 12.8 Å². The molecule has 0 saturated heterocycles. The van der Waals surface area contributed by atoms with Gasteiger partial charge in [0.2, 0.25) is 0 Å². The Morgan fingerprint density at radius 3 is 3.00 bits per heavy atom. The predicted octanol–water partition coefficient (Wildman–Crippen LogP) is 0.587. The van der Waals surface area contributed by atoms with Gasteiger partial charge in [0, 0.05) is 6.20 Å². The fourth-order valence-electron chi connectivity index (χ4n) is 1.19. The standard InChI is InChI=1S/C8H11N3O2/c1-13-8(12)7-6(9)4-11(10-7)5-2-3-5/h4-5H,2-3,9H2,1H3. The lowest BCUT2D eigenvalue weighted by atomic mass is 10.4. The highest BCUT2D eigenvalue weighted by Crippen LogP contribution is 2.34. The fourth-order valence-corrected chi connectivity index (χ4v) is 1.19. The topological polar surface area (TPSA) is 70.1 Å². The molecule has 0 atom stereocenters. The zero-order chi connectivity index (χ0) is 9.42. The van der Waals surface area contributed by atoms with Gasteiger partial charge in [-0.15, -0.1) is 0 Å². The Morgan fingerprint density at radius 1 is 1.77 bits per heavy atom. The van der Waals surface area contributed by atoms with Crippen molar-refractivity contribution in [2.45, 2.75) is 18.9 Å². The van der Waals surface area contributed by atoms with E-state index in [2.05, 4.69) is 9.84 Å². The maximum atomic E-state index is 11.1. The van der Waals surface area contributed by atoms with Gasteiger partial charge in [-0.1, -0.05) is 0 Å². The lowest BCUT2D eigenvalue weighted by Gasteiger charge is -1.94. The number of nitrogens with two attached hydrogens (primary N) is 1. The molecule has 1 aromatic rings. The molecule has 0 unspecified atom stereocenters. The Labute approximate surface area is 75.5 Å². The molecule has 5 nitrogen and oxygen atoms in total. The van der Waals surface area contributed by atoms with E-state index in [1.807, 2.05) is 0 Å². The van der Waals surface area contributed by atoms with Crippen LogP contribution in [-0.2, 0) is 4.74 Å². The number of nitrogens with zero attached hydrogens (tertiary/aromatic N) is 2. The summed E-state index contributed by atoms with van der Waals surface area (Å²) in [6, 6.07) is 0.431. The molecule has 13 heavy (non-hydrogen) atoms. The van der Waals surface area contributed by atoms with Crippen molar-refractivity contribution in [1.29, 1.82) is 0 Å². The summed E-state index contributed by atoms with van der Waals surface area (Å²) in [6.07, 6.45) is 3.91. The first-order valence-corrected chi connectivity index (χ1v) is 4.15. The second kappa shape index (κ2) is 2.76. The van der Waals surface area contributed by atoms with E-state index in [0.717, 1.165) is 12.8 Å². The minimum atomic E-state index is -0.475.